The first-order valence-corrected chi connectivity index (χ1v) is 12.5. The molecule has 0 bridgehead atoms. The van der Waals surface area contributed by atoms with Gasteiger partial charge in [0.2, 0.25) is 0 Å². The number of anilines is 3. The molecule has 1 saturated carbocycles. The van der Waals surface area contributed by atoms with Gasteiger partial charge in [-0.05, 0) is 61.8 Å². The Labute approximate surface area is 193 Å². The summed E-state index contributed by atoms with van der Waals surface area (Å²) in [5.41, 5.74) is 2.41. The first kappa shape index (κ1) is 21.2. The first-order valence-electron chi connectivity index (χ1n) is 11.7. The summed E-state index contributed by atoms with van der Waals surface area (Å²) in [4.78, 5) is 27.1. The second-order valence-corrected chi connectivity index (χ2v) is 10.2. The summed E-state index contributed by atoms with van der Waals surface area (Å²) in [7, 11) is 3.66. The third-order valence-corrected chi connectivity index (χ3v) is 7.85. The Morgan fingerprint density at radius 1 is 1.03 bits per heavy atom. The molecule has 1 aliphatic carbocycles. The second-order valence-electron chi connectivity index (χ2n) is 9.17. The number of hydrogen-bond donors (Lipinski definition) is 1. The minimum atomic E-state index is 0.0950. The number of carbonyl (C=O) groups is 1. The Bertz CT molecular complexity index is 1100. The number of nitrogens with one attached hydrogen (secondary N) is 1. The molecule has 6 nitrogen and oxygen atoms in total. The van der Waals surface area contributed by atoms with E-state index in [1.54, 1.807) is 16.2 Å². The minimum Gasteiger partial charge on any atom is -0.370 e. The lowest BCUT2D eigenvalue weighted by Crippen LogP contribution is -2.29. The molecule has 0 radical (unpaired) electrons. The highest BCUT2D eigenvalue weighted by Gasteiger charge is 2.28. The van der Waals surface area contributed by atoms with Gasteiger partial charge in [0.05, 0.1) is 21.5 Å². The fourth-order valence-electron chi connectivity index (χ4n) is 5.00. The number of pyridine rings is 2. The molecule has 3 aromatic heterocycles. The molecule has 0 aromatic carbocycles. The van der Waals surface area contributed by atoms with Gasteiger partial charge in [0.1, 0.15) is 11.6 Å². The Kier molecular flexibility index (Phi) is 6.00. The van der Waals surface area contributed by atoms with Crippen molar-refractivity contribution in [2.45, 2.75) is 50.9 Å². The average Bonchev–Trinajstić information content (AvgIpc) is 3.47. The van der Waals surface area contributed by atoms with Gasteiger partial charge < -0.3 is 15.1 Å². The van der Waals surface area contributed by atoms with Gasteiger partial charge in [0.25, 0.3) is 5.91 Å². The van der Waals surface area contributed by atoms with E-state index in [1.165, 1.54) is 43.4 Å². The smallest absolute Gasteiger partial charge is 0.263 e. The zero-order chi connectivity index (χ0) is 22.1. The van der Waals surface area contributed by atoms with Crippen LogP contribution in [0.4, 0.5) is 17.3 Å². The Morgan fingerprint density at radius 2 is 1.78 bits per heavy atom. The van der Waals surface area contributed by atoms with E-state index in [2.05, 4.69) is 32.3 Å². The Hall–Kier alpha value is -2.67. The van der Waals surface area contributed by atoms with Gasteiger partial charge in [0, 0.05) is 38.8 Å². The topological polar surface area (TPSA) is 61.4 Å². The van der Waals surface area contributed by atoms with E-state index in [4.69, 9.17) is 0 Å². The number of amides is 1. The van der Waals surface area contributed by atoms with Crippen molar-refractivity contribution in [3.63, 3.8) is 0 Å². The van der Waals surface area contributed by atoms with Crippen LogP contribution in [0.15, 0.2) is 30.6 Å². The number of hydrogen-bond acceptors (Lipinski definition) is 6. The summed E-state index contributed by atoms with van der Waals surface area (Å²) in [5, 5.41) is 4.54. The molecule has 1 N–H and O–H groups in total. The number of nitrogens with zero attached hydrogens (tertiary/aromatic N) is 4. The van der Waals surface area contributed by atoms with Crippen LogP contribution >= 0.6 is 11.3 Å². The van der Waals surface area contributed by atoms with Crippen LogP contribution < -0.4 is 10.2 Å². The average molecular weight is 450 g/mol. The number of rotatable bonds is 5. The Morgan fingerprint density at radius 3 is 2.47 bits per heavy atom. The van der Waals surface area contributed by atoms with Crippen LogP contribution in [0.1, 0.15) is 66.1 Å². The van der Waals surface area contributed by atoms with Gasteiger partial charge >= 0.3 is 0 Å². The van der Waals surface area contributed by atoms with Gasteiger partial charge in [-0.2, -0.15) is 0 Å². The van der Waals surface area contributed by atoms with Gasteiger partial charge in [-0.25, -0.2) is 9.97 Å². The highest BCUT2D eigenvalue weighted by Crippen LogP contribution is 2.44. The molecule has 32 heavy (non-hydrogen) atoms. The summed E-state index contributed by atoms with van der Waals surface area (Å²) in [6, 6.07) is 6.27. The third-order valence-electron chi connectivity index (χ3n) is 6.70. The van der Waals surface area contributed by atoms with E-state index < -0.39 is 0 Å². The maximum Gasteiger partial charge on any atom is 0.263 e. The molecular weight excluding hydrogens is 418 g/mol. The molecule has 168 valence electrons. The van der Waals surface area contributed by atoms with Crippen LogP contribution in [0.5, 0.6) is 0 Å². The quantitative estimate of drug-likeness (QED) is 0.535. The van der Waals surface area contributed by atoms with Crippen LogP contribution in [0.25, 0.3) is 10.1 Å². The van der Waals surface area contributed by atoms with E-state index in [1.807, 2.05) is 32.6 Å². The van der Waals surface area contributed by atoms with Crippen LogP contribution in [0.3, 0.4) is 0 Å². The summed E-state index contributed by atoms with van der Waals surface area (Å²) in [6.07, 6.45) is 12.5. The van der Waals surface area contributed by atoms with Gasteiger partial charge in [0.15, 0.2) is 0 Å². The maximum absolute atomic E-state index is 12.9. The number of thiophene rings is 1. The standard InChI is InChI=1S/C25H31N5OS/c1-29(2)25(31)24-23(17-8-4-5-9-17)19-14-22(27-16-20(19)32-24)28-21-11-10-18(15-26-21)30-12-6-3-7-13-30/h10-11,14-17H,3-9,12-13H2,1-2H3,(H,26,27,28). The molecule has 0 unspecified atom stereocenters. The molecule has 0 spiro atoms. The lowest BCUT2D eigenvalue weighted by Gasteiger charge is -2.28. The summed E-state index contributed by atoms with van der Waals surface area (Å²) >= 11 is 1.58. The first-order chi connectivity index (χ1) is 15.6. The van der Waals surface area contributed by atoms with Gasteiger partial charge in [-0.1, -0.05) is 12.8 Å². The summed E-state index contributed by atoms with van der Waals surface area (Å²) < 4.78 is 1.08. The zero-order valence-electron chi connectivity index (χ0n) is 18.9. The van der Waals surface area contributed by atoms with Crippen molar-refractivity contribution in [2.75, 3.05) is 37.4 Å². The zero-order valence-corrected chi connectivity index (χ0v) is 19.7. The second kappa shape index (κ2) is 9.06. The summed E-state index contributed by atoms with van der Waals surface area (Å²) in [6.45, 7) is 2.23. The molecule has 2 fully saturated rings. The number of piperidine rings is 1. The Balaban J connectivity index is 1.43. The highest BCUT2D eigenvalue weighted by atomic mass is 32.1. The van der Waals surface area contributed by atoms with Crippen LogP contribution in [-0.2, 0) is 0 Å². The van der Waals surface area contributed by atoms with Crippen molar-refractivity contribution in [1.29, 1.82) is 0 Å². The lowest BCUT2D eigenvalue weighted by molar-refractivity contribution is 0.0831. The number of fused-ring (bicyclic) bond motifs is 1. The molecule has 2 aliphatic rings. The van der Waals surface area contributed by atoms with Crippen molar-refractivity contribution in [2.24, 2.45) is 0 Å². The fourth-order valence-corrected chi connectivity index (χ4v) is 6.26. The SMILES string of the molecule is CN(C)C(=O)c1sc2cnc(Nc3ccc(N4CCCCC4)cn3)cc2c1C1CCCC1. The third kappa shape index (κ3) is 4.18. The normalized spacial score (nSPS) is 17.1. The maximum atomic E-state index is 12.9. The molecular formula is C25H31N5OS. The monoisotopic (exact) mass is 449 g/mol. The predicted octanol–water partition coefficient (Wildman–Crippen LogP) is 5.78. The van der Waals surface area contributed by atoms with Gasteiger partial charge in [-0.3, -0.25) is 4.79 Å². The van der Waals surface area contributed by atoms with Crippen molar-refractivity contribution < 1.29 is 4.79 Å². The van der Waals surface area contributed by atoms with Crippen LogP contribution in [0, 0.1) is 0 Å². The van der Waals surface area contributed by atoms with Gasteiger partial charge in [-0.15, -0.1) is 11.3 Å². The molecule has 7 heteroatoms. The van der Waals surface area contributed by atoms with Crippen molar-refractivity contribution in [1.82, 2.24) is 14.9 Å². The van der Waals surface area contributed by atoms with E-state index in [-0.39, 0.29) is 5.91 Å². The molecule has 1 aliphatic heterocycles. The lowest BCUT2D eigenvalue weighted by atomic mass is 9.94. The fraction of sp³-hybridized carbons (Fsp3) is 0.480. The van der Waals surface area contributed by atoms with Crippen molar-refractivity contribution >= 4 is 44.7 Å². The molecule has 3 aromatic rings. The van der Waals surface area contributed by atoms with E-state index in [9.17, 15) is 4.79 Å². The molecule has 5 rings (SSSR count). The number of aromatic nitrogens is 2. The van der Waals surface area contributed by atoms with E-state index in [0.29, 0.717) is 5.92 Å². The largest absolute Gasteiger partial charge is 0.370 e. The van der Waals surface area contributed by atoms with Crippen LogP contribution in [-0.4, -0.2) is 48.0 Å². The highest BCUT2D eigenvalue weighted by molar-refractivity contribution is 7.21. The predicted molar refractivity (Wildman–Crippen MR) is 132 cm³/mol. The molecule has 1 amide bonds. The number of carbonyl (C=O) groups excluding carboxylic acids is 1. The van der Waals surface area contributed by atoms with E-state index in [0.717, 1.165) is 52.5 Å². The molecule has 4 heterocycles. The van der Waals surface area contributed by atoms with Crippen LogP contribution in [0.2, 0.25) is 0 Å². The molecule has 1 saturated heterocycles. The van der Waals surface area contributed by atoms with Crippen molar-refractivity contribution in [3.05, 3.63) is 41.0 Å². The van der Waals surface area contributed by atoms with Crippen molar-refractivity contribution in [3.8, 4) is 0 Å². The minimum absolute atomic E-state index is 0.0950. The molecule has 0 atom stereocenters. The van der Waals surface area contributed by atoms with E-state index >= 15 is 0 Å². The summed E-state index contributed by atoms with van der Waals surface area (Å²) in [5.74, 6) is 2.12.